The van der Waals surface area contributed by atoms with Crippen molar-refractivity contribution in [1.82, 2.24) is 9.88 Å². The number of benzene rings is 1. The third-order valence-electron chi connectivity index (χ3n) is 4.26. The van der Waals surface area contributed by atoms with Gasteiger partial charge in [-0.2, -0.15) is 0 Å². The van der Waals surface area contributed by atoms with Gasteiger partial charge >= 0.3 is 0 Å². The average molecular weight is 275 g/mol. The van der Waals surface area contributed by atoms with Gasteiger partial charge < -0.3 is 5.73 Å². The number of likely N-dealkylation sites (tertiary alicyclic amines) is 1. The van der Waals surface area contributed by atoms with E-state index in [1.54, 1.807) is 0 Å². The predicted molar refractivity (Wildman–Crippen MR) is 81.4 cm³/mol. The number of rotatable bonds is 2. The summed E-state index contributed by atoms with van der Waals surface area (Å²) in [7, 11) is 0. The highest BCUT2D eigenvalue weighted by molar-refractivity contribution is 7.18. The Kier molecular flexibility index (Phi) is 3.56. The lowest BCUT2D eigenvalue weighted by Gasteiger charge is -2.37. The van der Waals surface area contributed by atoms with Crippen molar-refractivity contribution in [2.24, 2.45) is 11.7 Å². The zero-order chi connectivity index (χ0) is 13.4. The molecule has 4 heteroatoms. The highest BCUT2D eigenvalue weighted by Crippen LogP contribution is 2.31. The summed E-state index contributed by atoms with van der Waals surface area (Å²) in [6.07, 6.45) is 1.19. The number of para-hydroxylation sites is 1. The lowest BCUT2D eigenvalue weighted by Crippen LogP contribution is -2.48. The van der Waals surface area contributed by atoms with Crippen LogP contribution in [0.5, 0.6) is 0 Å². The van der Waals surface area contributed by atoms with Crippen molar-refractivity contribution in [3.8, 4) is 0 Å². The van der Waals surface area contributed by atoms with Gasteiger partial charge in [-0.25, -0.2) is 4.98 Å². The van der Waals surface area contributed by atoms with Crippen LogP contribution >= 0.6 is 11.3 Å². The number of hydrogen-bond donors (Lipinski definition) is 1. The molecule has 3 unspecified atom stereocenters. The molecule has 3 nitrogen and oxygen atoms in total. The van der Waals surface area contributed by atoms with E-state index in [1.807, 2.05) is 11.3 Å². The Morgan fingerprint density at radius 3 is 2.95 bits per heavy atom. The summed E-state index contributed by atoms with van der Waals surface area (Å²) >= 11 is 1.81. The largest absolute Gasteiger partial charge is 0.326 e. The number of nitrogens with two attached hydrogens (primary N) is 1. The first-order chi connectivity index (χ1) is 9.15. The van der Waals surface area contributed by atoms with E-state index in [4.69, 9.17) is 10.7 Å². The first-order valence-electron chi connectivity index (χ1n) is 7.00. The van der Waals surface area contributed by atoms with Crippen molar-refractivity contribution in [2.75, 3.05) is 13.1 Å². The average Bonchev–Trinajstić information content (AvgIpc) is 2.85. The van der Waals surface area contributed by atoms with E-state index in [-0.39, 0.29) is 0 Å². The minimum Gasteiger partial charge on any atom is -0.326 e. The second-order valence-electron chi connectivity index (χ2n) is 5.62. The fourth-order valence-electron chi connectivity index (χ4n) is 2.70. The summed E-state index contributed by atoms with van der Waals surface area (Å²) < 4.78 is 1.28. The maximum Gasteiger partial charge on any atom is 0.111 e. The summed E-state index contributed by atoms with van der Waals surface area (Å²) in [6.45, 7) is 6.62. The molecule has 0 bridgehead atoms. The standard InChI is InChI=1S/C15H21N3S/c1-10-7-8-18(9-12(10)16)11(2)15-17-13-5-3-4-6-14(13)19-15/h3-6,10-12H,7-9,16H2,1-2H3. The van der Waals surface area contributed by atoms with E-state index >= 15 is 0 Å². The van der Waals surface area contributed by atoms with Gasteiger partial charge in [0.15, 0.2) is 0 Å². The molecular weight excluding hydrogens is 254 g/mol. The van der Waals surface area contributed by atoms with Gasteiger partial charge in [-0.1, -0.05) is 19.1 Å². The number of thiazole rings is 1. The van der Waals surface area contributed by atoms with Crippen LogP contribution in [-0.4, -0.2) is 29.0 Å². The van der Waals surface area contributed by atoms with Gasteiger partial charge in [-0.3, -0.25) is 4.90 Å². The zero-order valence-electron chi connectivity index (χ0n) is 11.5. The minimum absolute atomic E-state index is 0.297. The Labute approximate surface area is 118 Å². The Bertz CT molecular complexity index is 532. The summed E-state index contributed by atoms with van der Waals surface area (Å²) in [5.41, 5.74) is 7.32. The topological polar surface area (TPSA) is 42.2 Å². The van der Waals surface area contributed by atoms with Crippen LogP contribution in [0.1, 0.15) is 31.3 Å². The highest BCUT2D eigenvalue weighted by Gasteiger charge is 2.28. The molecule has 3 rings (SSSR count). The van der Waals surface area contributed by atoms with Crippen molar-refractivity contribution < 1.29 is 0 Å². The summed E-state index contributed by atoms with van der Waals surface area (Å²) in [5.74, 6) is 0.638. The smallest absolute Gasteiger partial charge is 0.111 e. The molecule has 0 spiro atoms. The van der Waals surface area contributed by atoms with E-state index in [2.05, 4.69) is 43.0 Å². The number of fused-ring (bicyclic) bond motifs is 1. The Morgan fingerprint density at radius 2 is 2.21 bits per heavy atom. The number of aromatic nitrogens is 1. The molecule has 0 aliphatic carbocycles. The molecule has 2 aromatic rings. The lowest BCUT2D eigenvalue weighted by atomic mass is 9.93. The molecule has 19 heavy (non-hydrogen) atoms. The lowest BCUT2D eigenvalue weighted by molar-refractivity contribution is 0.128. The molecule has 0 radical (unpaired) electrons. The van der Waals surface area contributed by atoms with Crippen LogP contribution in [0.4, 0.5) is 0 Å². The molecule has 1 aromatic carbocycles. The second-order valence-corrected chi connectivity index (χ2v) is 6.68. The summed E-state index contributed by atoms with van der Waals surface area (Å²) in [5, 5.41) is 1.21. The third-order valence-corrected chi connectivity index (χ3v) is 5.47. The first-order valence-corrected chi connectivity index (χ1v) is 7.82. The van der Waals surface area contributed by atoms with Gasteiger partial charge in [-0.15, -0.1) is 11.3 Å². The van der Waals surface area contributed by atoms with E-state index in [9.17, 15) is 0 Å². The van der Waals surface area contributed by atoms with E-state index in [1.165, 1.54) is 16.1 Å². The fraction of sp³-hybridized carbons (Fsp3) is 0.533. The first kappa shape index (κ1) is 13.0. The molecular formula is C15H21N3S. The van der Waals surface area contributed by atoms with E-state index < -0.39 is 0 Å². The Morgan fingerprint density at radius 1 is 1.42 bits per heavy atom. The summed E-state index contributed by atoms with van der Waals surface area (Å²) in [6, 6.07) is 9.03. The number of hydrogen-bond acceptors (Lipinski definition) is 4. The molecule has 3 atom stereocenters. The maximum atomic E-state index is 6.20. The normalized spacial score (nSPS) is 26.7. The highest BCUT2D eigenvalue weighted by atomic mass is 32.1. The van der Waals surface area contributed by atoms with Crippen LogP contribution in [0.15, 0.2) is 24.3 Å². The monoisotopic (exact) mass is 275 g/mol. The van der Waals surface area contributed by atoms with Crippen molar-refractivity contribution in [1.29, 1.82) is 0 Å². The molecule has 1 aliphatic heterocycles. The van der Waals surface area contributed by atoms with Gasteiger partial charge in [-0.05, 0) is 37.9 Å². The van der Waals surface area contributed by atoms with Crippen LogP contribution in [0.25, 0.3) is 10.2 Å². The van der Waals surface area contributed by atoms with Crippen LogP contribution in [-0.2, 0) is 0 Å². The van der Waals surface area contributed by atoms with Gasteiger partial charge in [0.2, 0.25) is 0 Å². The number of piperidine rings is 1. The Hall–Kier alpha value is -0.970. The maximum absolute atomic E-state index is 6.20. The van der Waals surface area contributed by atoms with Crippen LogP contribution in [0.2, 0.25) is 0 Å². The predicted octanol–water partition coefficient (Wildman–Crippen LogP) is 3.03. The van der Waals surface area contributed by atoms with Crippen LogP contribution < -0.4 is 5.73 Å². The molecule has 1 aromatic heterocycles. The second kappa shape index (κ2) is 5.19. The molecule has 1 aliphatic rings. The molecule has 2 N–H and O–H groups in total. The van der Waals surface area contributed by atoms with Gasteiger partial charge in [0, 0.05) is 12.6 Å². The Balaban J connectivity index is 1.81. The van der Waals surface area contributed by atoms with Crippen LogP contribution in [0.3, 0.4) is 0 Å². The van der Waals surface area contributed by atoms with Gasteiger partial charge in [0.25, 0.3) is 0 Å². The quantitative estimate of drug-likeness (QED) is 0.916. The fourth-order valence-corrected chi connectivity index (χ4v) is 3.76. The summed E-state index contributed by atoms with van der Waals surface area (Å²) in [4.78, 5) is 7.24. The van der Waals surface area contributed by atoms with Crippen molar-refractivity contribution in [3.63, 3.8) is 0 Å². The van der Waals surface area contributed by atoms with Crippen molar-refractivity contribution >= 4 is 21.6 Å². The third kappa shape index (κ3) is 2.53. The van der Waals surface area contributed by atoms with E-state index in [0.717, 1.165) is 18.6 Å². The molecule has 102 valence electrons. The molecule has 1 saturated heterocycles. The molecule has 0 saturated carbocycles. The number of nitrogens with zero attached hydrogens (tertiary/aromatic N) is 2. The minimum atomic E-state index is 0.297. The SMILES string of the molecule is CC1CCN(C(C)c2nc3ccccc3s2)CC1N. The molecule has 2 heterocycles. The zero-order valence-corrected chi connectivity index (χ0v) is 12.4. The van der Waals surface area contributed by atoms with E-state index in [0.29, 0.717) is 18.0 Å². The van der Waals surface area contributed by atoms with Crippen molar-refractivity contribution in [3.05, 3.63) is 29.3 Å². The van der Waals surface area contributed by atoms with Crippen LogP contribution in [0, 0.1) is 5.92 Å². The molecule has 1 fully saturated rings. The van der Waals surface area contributed by atoms with Gasteiger partial charge in [0.05, 0.1) is 16.3 Å². The molecule has 0 amide bonds. The van der Waals surface area contributed by atoms with Crippen molar-refractivity contribution in [2.45, 2.75) is 32.4 Å². The van der Waals surface area contributed by atoms with Gasteiger partial charge in [0.1, 0.15) is 5.01 Å².